The van der Waals surface area contributed by atoms with Gasteiger partial charge in [0, 0.05) is 12.0 Å². The molecule has 0 saturated carbocycles. The summed E-state index contributed by atoms with van der Waals surface area (Å²) in [4.78, 5) is 14.9. The quantitative estimate of drug-likeness (QED) is 0.635. The molecule has 0 spiro atoms. The molecule has 0 bridgehead atoms. The van der Waals surface area contributed by atoms with Crippen molar-refractivity contribution in [1.82, 2.24) is 10.2 Å². The van der Waals surface area contributed by atoms with Gasteiger partial charge in [0.25, 0.3) is 0 Å². The smallest absolute Gasteiger partial charge is 0.228 e. The predicted octanol–water partition coefficient (Wildman–Crippen LogP) is 4.56. The highest BCUT2D eigenvalue weighted by Crippen LogP contribution is 2.39. The van der Waals surface area contributed by atoms with Gasteiger partial charge in [-0.25, -0.2) is 0 Å². The van der Waals surface area contributed by atoms with Crippen LogP contribution in [-0.2, 0) is 15.6 Å². The number of primary amides is 1. The van der Waals surface area contributed by atoms with E-state index in [2.05, 4.69) is 16.3 Å². The van der Waals surface area contributed by atoms with E-state index < -0.39 is 5.41 Å². The van der Waals surface area contributed by atoms with Gasteiger partial charge in [0.05, 0.1) is 15.5 Å². The molecule has 2 aliphatic rings. The van der Waals surface area contributed by atoms with Crippen LogP contribution in [0.3, 0.4) is 0 Å². The van der Waals surface area contributed by atoms with Crippen molar-refractivity contribution in [1.29, 1.82) is 0 Å². The monoisotopic (exact) mass is 481 g/mol. The number of nitrogens with two attached hydrogens (primary N) is 1. The van der Waals surface area contributed by atoms with Crippen molar-refractivity contribution >= 4 is 41.5 Å². The molecule has 7 heteroatoms. The molecule has 1 atom stereocenters. The fraction of sp³-hybridized carbons (Fsp3) is 0.458. The second-order valence-electron chi connectivity index (χ2n) is 8.74. The molecule has 2 aliphatic heterocycles. The summed E-state index contributed by atoms with van der Waals surface area (Å²) in [7, 11) is 0. The first kappa shape index (κ1) is 24.3. The molecule has 2 heterocycles. The second-order valence-corrected chi connectivity index (χ2v) is 9.55. The third-order valence-corrected chi connectivity index (χ3v) is 7.93. The van der Waals surface area contributed by atoms with Gasteiger partial charge in [0.2, 0.25) is 5.91 Å². The molecule has 0 aromatic heterocycles. The molecule has 31 heavy (non-hydrogen) atoms. The van der Waals surface area contributed by atoms with Crippen LogP contribution in [0.15, 0.2) is 48.5 Å². The van der Waals surface area contributed by atoms with Gasteiger partial charge in [-0.3, -0.25) is 4.79 Å². The van der Waals surface area contributed by atoms with E-state index in [1.807, 2.05) is 42.5 Å². The normalized spacial score (nSPS) is 23.3. The number of hydrogen-bond acceptors (Lipinski definition) is 3. The lowest BCUT2D eigenvalue weighted by Crippen LogP contribution is -2.50. The molecule has 2 fully saturated rings. The molecule has 1 amide bonds. The van der Waals surface area contributed by atoms with Gasteiger partial charge in [-0.2, -0.15) is 0 Å². The van der Waals surface area contributed by atoms with Crippen molar-refractivity contribution in [2.24, 2.45) is 5.73 Å². The highest BCUT2D eigenvalue weighted by Gasteiger charge is 2.42. The number of carbonyl (C=O) groups is 1. The fourth-order valence-electron chi connectivity index (χ4n) is 5.14. The number of nitrogens with one attached hydrogen (secondary N) is 1. The minimum Gasteiger partial charge on any atom is -0.369 e. The lowest BCUT2D eigenvalue weighted by atomic mass is 9.71. The van der Waals surface area contributed by atoms with Crippen molar-refractivity contribution in [3.63, 3.8) is 0 Å². The number of piperidine rings is 1. The Bertz CT molecular complexity index is 892. The van der Waals surface area contributed by atoms with Crippen molar-refractivity contribution in [3.05, 3.63) is 69.7 Å². The summed E-state index contributed by atoms with van der Waals surface area (Å²) in [5.41, 5.74) is 7.72. The van der Waals surface area contributed by atoms with E-state index in [-0.39, 0.29) is 23.7 Å². The zero-order valence-corrected chi connectivity index (χ0v) is 19.9. The van der Waals surface area contributed by atoms with Crippen LogP contribution in [0.2, 0.25) is 10.0 Å². The van der Waals surface area contributed by atoms with Gasteiger partial charge in [-0.05, 0) is 75.1 Å². The highest BCUT2D eigenvalue weighted by molar-refractivity contribution is 6.42. The Labute approximate surface area is 200 Å². The SMILES string of the molecule is Cl.NC(=O)C1(c2ccccc2)CCN(CCC2(c3ccc(Cl)c(Cl)c3)CCNC2)CC1. The third-order valence-electron chi connectivity index (χ3n) is 7.19. The van der Waals surface area contributed by atoms with E-state index in [1.165, 1.54) is 5.56 Å². The number of halogens is 3. The van der Waals surface area contributed by atoms with Crippen molar-refractivity contribution in [2.45, 2.75) is 36.5 Å². The summed E-state index contributed by atoms with van der Waals surface area (Å²) in [6, 6.07) is 16.1. The van der Waals surface area contributed by atoms with E-state index in [1.54, 1.807) is 0 Å². The van der Waals surface area contributed by atoms with Gasteiger partial charge in [0.1, 0.15) is 0 Å². The van der Waals surface area contributed by atoms with Gasteiger partial charge in [0.15, 0.2) is 0 Å². The Kier molecular flexibility index (Phi) is 7.93. The molecule has 2 aromatic rings. The largest absolute Gasteiger partial charge is 0.369 e. The summed E-state index contributed by atoms with van der Waals surface area (Å²) in [5.74, 6) is -0.208. The lowest BCUT2D eigenvalue weighted by Gasteiger charge is -2.41. The van der Waals surface area contributed by atoms with Crippen LogP contribution in [0.4, 0.5) is 0 Å². The molecule has 4 nitrogen and oxygen atoms in total. The minimum atomic E-state index is -0.548. The summed E-state index contributed by atoms with van der Waals surface area (Å²) >= 11 is 12.5. The summed E-state index contributed by atoms with van der Waals surface area (Å²) in [5, 5.41) is 4.74. The van der Waals surface area contributed by atoms with Crippen molar-refractivity contribution in [3.8, 4) is 0 Å². The van der Waals surface area contributed by atoms with E-state index in [0.29, 0.717) is 10.0 Å². The first-order valence-electron chi connectivity index (χ1n) is 10.7. The topological polar surface area (TPSA) is 58.4 Å². The lowest BCUT2D eigenvalue weighted by molar-refractivity contribution is -0.125. The maximum absolute atomic E-state index is 12.4. The number of benzene rings is 2. The molecule has 4 rings (SSSR count). The zero-order valence-electron chi connectivity index (χ0n) is 17.6. The maximum atomic E-state index is 12.4. The Balaban J connectivity index is 0.00000272. The van der Waals surface area contributed by atoms with E-state index in [4.69, 9.17) is 28.9 Å². The summed E-state index contributed by atoms with van der Waals surface area (Å²) < 4.78 is 0. The zero-order chi connectivity index (χ0) is 21.2. The Morgan fingerprint density at radius 1 is 1.00 bits per heavy atom. The first-order valence-corrected chi connectivity index (χ1v) is 11.4. The van der Waals surface area contributed by atoms with Gasteiger partial charge in [-0.15, -0.1) is 12.4 Å². The Hall–Kier alpha value is -1.30. The van der Waals surface area contributed by atoms with Crippen molar-refractivity contribution in [2.75, 3.05) is 32.7 Å². The average molecular weight is 483 g/mol. The number of amides is 1. The Morgan fingerprint density at radius 2 is 1.71 bits per heavy atom. The predicted molar refractivity (Wildman–Crippen MR) is 130 cm³/mol. The molecule has 3 N–H and O–H groups in total. The number of rotatable bonds is 6. The summed E-state index contributed by atoms with van der Waals surface area (Å²) in [6.45, 7) is 4.71. The highest BCUT2D eigenvalue weighted by atomic mass is 35.5. The fourth-order valence-corrected chi connectivity index (χ4v) is 5.44. The second kappa shape index (κ2) is 10.1. The van der Waals surface area contributed by atoms with Crippen LogP contribution in [-0.4, -0.2) is 43.5 Å². The van der Waals surface area contributed by atoms with E-state index in [9.17, 15) is 4.79 Å². The molecular weight excluding hydrogens is 453 g/mol. The van der Waals surface area contributed by atoms with Crippen LogP contribution in [0.25, 0.3) is 0 Å². The van der Waals surface area contributed by atoms with Crippen LogP contribution in [0.5, 0.6) is 0 Å². The molecule has 168 valence electrons. The number of hydrogen-bond donors (Lipinski definition) is 2. The van der Waals surface area contributed by atoms with Crippen LogP contribution >= 0.6 is 35.6 Å². The third kappa shape index (κ3) is 4.89. The molecule has 2 aromatic carbocycles. The minimum absolute atomic E-state index is 0. The average Bonchev–Trinajstić information content (AvgIpc) is 3.25. The maximum Gasteiger partial charge on any atom is 0.228 e. The van der Waals surface area contributed by atoms with Crippen LogP contribution in [0, 0.1) is 0 Å². The van der Waals surface area contributed by atoms with E-state index >= 15 is 0 Å². The van der Waals surface area contributed by atoms with Crippen molar-refractivity contribution < 1.29 is 4.79 Å². The van der Waals surface area contributed by atoms with Crippen LogP contribution in [0.1, 0.15) is 36.8 Å². The molecule has 2 saturated heterocycles. The van der Waals surface area contributed by atoms with Gasteiger partial charge in [-0.1, -0.05) is 59.6 Å². The van der Waals surface area contributed by atoms with E-state index in [0.717, 1.165) is 64.0 Å². The molecular formula is C24H30Cl3N3O. The number of likely N-dealkylation sites (tertiary alicyclic amines) is 1. The van der Waals surface area contributed by atoms with Crippen LogP contribution < -0.4 is 11.1 Å². The summed E-state index contributed by atoms with van der Waals surface area (Å²) in [6.07, 6.45) is 3.68. The standard InChI is InChI=1S/C24H29Cl2N3O.ClH/c25-20-7-6-19(16-21(20)26)23(8-12-28-17-23)9-13-29-14-10-24(11-15-29,22(27)30)18-4-2-1-3-5-18;/h1-7,16,28H,8-15,17H2,(H2,27,30);1H. The number of nitrogens with zero attached hydrogens (tertiary/aromatic N) is 1. The Morgan fingerprint density at radius 3 is 2.29 bits per heavy atom. The van der Waals surface area contributed by atoms with Gasteiger partial charge >= 0.3 is 0 Å². The number of carbonyl (C=O) groups excluding carboxylic acids is 1. The molecule has 0 aliphatic carbocycles. The molecule has 1 unspecified atom stereocenters. The first-order chi connectivity index (χ1) is 14.5. The van der Waals surface area contributed by atoms with Gasteiger partial charge < -0.3 is 16.0 Å². The molecule has 0 radical (unpaired) electrons.